The Morgan fingerprint density at radius 1 is 1.12 bits per heavy atom. The highest BCUT2D eigenvalue weighted by Crippen LogP contribution is 2.22. The van der Waals surface area contributed by atoms with Crippen molar-refractivity contribution >= 4 is 0 Å². The molecule has 0 bridgehead atoms. The Hall–Kier alpha value is -1.36. The molecule has 0 aliphatic heterocycles. The van der Waals surface area contributed by atoms with Crippen molar-refractivity contribution in [1.29, 1.82) is 5.26 Å². The Morgan fingerprint density at radius 3 is 2.35 bits per heavy atom. The molecule has 1 atom stereocenters. The van der Waals surface area contributed by atoms with Crippen molar-refractivity contribution in [2.45, 2.75) is 51.4 Å². The first kappa shape index (κ1) is 13.7. The predicted molar refractivity (Wildman–Crippen MR) is 68.1 cm³/mol. The molecule has 0 aliphatic carbocycles. The smallest absolute Gasteiger partial charge is 0.123 e. The summed E-state index contributed by atoms with van der Waals surface area (Å²) < 4.78 is 12.8. The van der Waals surface area contributed by atoms with Gasteiger partial charge in [-0.25, -0.2) is 4.39 Å². The van der Waals surface area contributed by atoms with Crippen LogP contribution in [-0.4, -0.2) is 0 Å². The van der Waals surface area contributed by atoms with Crippen molar-refractivity contribution in [3.63, 3.8) is 0 Å². The number of hydrogen-bond donors (Lipinski definition) is 0. The molecule has 0 heterocycles. The molecular weight excluding hydrogens is 213 g/mol. The number of nitriles is 1. The maximum Gasteiger partial charge on any atom is 0.123 e. The standard InChI is InChI=1S/C15H20FN/c1-2-3-4-5-6-7-14(12-17)13-8-10-15(16)11-9-13/h8-11,14H,2-7H2,1H3/t14-/m1/s1. The molecule has 0 radical (unpaired) electrons. The van der Waals surface area contributed by atoms with Gasteiger partial charge in [0.25, 0.3) is 0 Å². The molecule has 1 aromatic rings. The van der Waals surface area contributed by atoms with Crippen LogP contribution in [0.3, 0.4) is 0 Å². The predicted octanol–water partition coefficient (Wildman–Crippen LogP) is 4.79. The zero-order valence-corrected chi connectivity index (χ0v) is 10.5. The molecule has 0 saturated carbocycles. The average molecular weight is 233 g/mol. The second-order valence-electron chi connectivity index (χ2n) is 4.44. The van der Waals surface area contributed by atoms with Crippen LogP contribution in [0.2, 0.25) is 0 Å². The zero-order chi connectivity index (χ0) is 12.5. The van der Waals surface area contributed by atoms with Crippen LogP contribution < -0.4 is 0 Å². The van der Waals surface area contributed by atoms with Crippen LogP contribution in [0.4, 0.5) is 4.39 Å². The minimum Gasteiger partial charge on any atom is -0.207 e. The van der Waals surface area contributed by atoms with Crippen LogP contribution in [0.5, 0.6) is 0 Å². The Morgan fingerprint density at radius 2 is 1.76 bits per heavy atom. The van der Waals surface area contributed by atoms with Gasteiger partial charge in [-0.15, -0.1) is 0 Å². The molecule has 0 N–H and O–H groups in total. The lowest BCUT2D eigenvalue weighted by Crippen LogP contribution is -1.96. The number of nitrogens with zero attached hydrogens (tertiary/aromatic N) is 1. The van der Waals surface area contributed by atoms with E-state index in [9.17, 15) is 4.39 Å². The highest BCUT2D eigenvalue weighted by atomic mass is 19.1. The summed E-state index contributed by atoms with van der Waals surface area (Å²) in [6, 6.07) is 8.60. The maximum atomic E-state index is 12.8. The molecule has 1 nitrogen and oxygen atoms in total. The highest BCUT2D eigenvalue weighted by molar-refractivity contribution is 5.25. The van der Waals surface area contributed by atoms with Gasteiger partial charge in [0.1, 0.15) is 5.82 Å². The van der Waals surface area contributed by atoms with E-state index in [1.807, 2.05) is 0 Å². The summed E-state index contributed by atoms with van der Waals surface area (Å²) in [6.07, 6.45) is 6.90. The third kappa shape index (κ3) is 4.99. The Labute approximate surface area is 103 Å². The second-order valence-corrected chi connectivity index (χ2v) is 4.44. The minimum atomic E-state index is -0.242. The number of hydrogen-bond acceptors (Lipinski definition) is 1. The van der Waals surface area contributed by atoms with E-state index in [0.29, 0.717) is 0 Å². The lowest BCUT2D eigenvalue weighted by atomic mass is 9.94. The third-order valence-electron chi connectivity index (χ3n) is 3.02. The van der Waals surface area contributed by atoms with Crippen LogP contribution in [0.1, 0.15) is 56.9 Å². The van der Waals surface area contributed by atoms with Crippen LogP contribution in [-0.2, 0) is 0 Å². The molecule has 1 aromatic carbocycles. The van der Waals surface area contributed by atoms with E-state index in [-0.39, 0.29) is 11.7 Å². The zero-order valence-electron chi connectivity index (χ0n) is 10.5. The molecule has 0 aliphatic rings. The molecule has 0 amide bonds. The summed E-state index contributed by atoms with van der Waals surface area (Å²) >= 11 is 0. The first-order chi connectivity index (χ1) is 8.27. The van der Waals surface area contributed by atoms with Crippen molar-refractivity contribution in [3.05, 3.63) is 35.6 Å². The van der Waals surface area contributed by atoms with E-state index in [2.05, 4.69) is 13.0 Å². The van der Waals surface area contributed by atoms with Gasteiger partial charge in [-0.1, -0.05) is 51.2 Å². The van der Waals surface area contributed by atoms with Crippen molar-refractivity contribution in [3.8, 4) is 6.07 Å². The largest absolute Gasteiger partial charge is 0.207 e. The molecule has 92 valence electrons. The quantitative estimate of drug-likeness (QED) is 0.621. The number of rotatable bonds is 7. The van der Waals surface area contributed by atoms with Crippen LogP contribution in [0, 0.1) is 17.1 Å². The molecule has 2 heteroatoms. The fourth-order valence-corrected chi connectivity index (χ4v) is 1.95. The number of unbranched alkanes of at least 4 members (excludes halogenated alkanes) is 4. The van der Waals surface area contributed by atoms with Crippen molar-refractivity contribution < 1.29 is 4.39 Å². The monoisotopic (exact) mass is 233 g/mol. The van der Waals surface area contributed by atoms with Gasteiger partial charge < -0.3 is 0 Å². The van der Waals surface area contributed by atoms with Crippen LogP contribution >= 0.6 is 0 Å². The summed E-state index contributed by atoms with van der Waals surface area (Å²) in [4.78, 5) is 0. The topological polar surface area (TPSA) is 23.8 Å². The number of halogens is 1. The summed E-state index contributed by atoms with van der Waals surface area (Å²) in [5, 5.41) is 9.11. The Balaban J connectivity index is 2.39. The lowest BCUT2D eigenvalue weighted by Gasteiger charge is -2.09. The summed E-state index contributed by atoms with van der Waals surface area (Å²) in [7, 11) is 0. The van der Waals surface area contributed by atoms with Gasteiger partial charge in [0.05, 0.1) is 12.0 Å². The van der Waals surface area contributed by atoms with Crippen molar-refractivity contribution in [1.82, 2.24) is 0 Å². The molecule has 0 fully saturated rings. The fourth-order valence-electron chi connectivity index (χ4n) is 1.95. The SMILES string of the molecule is CCCCCCC[C@H](C#N)c1ccc(F)cc1. The first-order valence-corrected chi connectivity index (χ1v) is 6.43. The summed E-state index contributed by atoms with van der Waals surface area (Å²) in [5.41, 5.74) is 0.935. The third-order valence-corrected chi connectivity index (χ3v) is 3.02. The molecule has 0 unspecified atom stereocenters. The van der Waals surface area contributed by atoms with E-state index in [0.717, 1.165) is 18.4 Å². The molecule has 0 spiro atoms. The summed E-state index contributed by atoms with van der Waals surface area (Å²) in [5.74, 6) is -0.328. The van der Waals surface area contributed by atoms with Gasteiger partial charge in [-0.3, -0.25) is 0 Å². The minimum absolute atomic E-state index is 0.0859. The van der Waals surface area contributed by atoms with Gasteiger partial charge in [0.15, 0.2) is 0 Å². The highest BCUT2D eigenvalue weighted by Gasteiger charge is 2.09. The Kier molecular flexibility index (Phi) is 6.32. The van der Waals surface area contributed by atoms with Crippen molar-refractivity contribution in [2.24, 2.45) is 0 Å². The van der Waals surface area contributed by atoms with Gasteiger partial charge in [0, 0.05) is 0 Å². The normalized spacial score (nSPS) is 12.1. The van der Waals surface area contributed by atoms with Gasteiger partial charge in [0.2, 0.25) is 0 Å². The van der Waals surface area contributed by atoms with Gasteiger partial charge in [-0.05, 0) is 24.1 Å². The van der Waals surface area contributed by atoms with Gasteiger partial charge >= 0.3 is 0 Å². The van der Waals surface area contributed by atoms with E-state index in [4.69, 9.17) is 5.26 Å². The molecule has 0 aromatic heterocycles. The molecule has 0 saturated heterocycles. The van der Waals surface area contributed by atoms with Crippen molar-refractivity contribution in [2.75, 3.05) is 0 Å². The lowest BCUT2D eigenvalue weighted by molar-refractivity contribution is 0.588. The average Bonchev–Trinajstić information content (AvgIpc) is 2.35. The van der Waals surface area contributed by atoms with E-state index in [1.54, 1.807) is 12.1 Å². The Bertz CT molecular complexity index is 350. The van der Waals surface area contributed by atoms with E-state index in [1.165, 1.54) is 37.8 Å². The van der Waals surface area contributed by atoms with E-state index >= 15 is 0 Å². The van der Waals surface area contributed by atoms with Crippen LogP contribution in [0.25, 0.3) is 0 Å². The summed E-state index contributed by atoms with van der Waals surface area (Å²) in [6.45, 7) is 2.19. The molecular formula is C15H20FN. The second kappa shape index (κ2) is 7.84. The van der Waals surface area contributed by atoms with E-state index < -0.39 is 0 Å². The molecule has 1 rings (SSSR count). The van der Waals surface area contributed by atoms with Gasteiger partial charge in [-0.2, -0.15) is 5.26 Å². The van der Waals surface area contributed by atoms with Crippen LogP contribution in [0.15, 0.2) is 24.3 Å². The first-order valence-electron chi connectivity index (χ1n) is 6.43. The fraction of sp³-hybridized carbons (Fsp3) is 0.533. The number of benzene rings is 1. The maximum absolute atomic E-state index is 12.8. The molecule has 17 heavy (non-hydrogen) atoms.